The van der Waals surface area contributed by atoms with Crippen molar-refractivity contribution >= 4 is 5.78 Å². The van der Waals surface area contributed by atoms with Crippen LogP contribution in [0.2, 0.25) is 0 Å². The van der Waals surface area contributed by atoms with Gasteiger partial charge in [-0.3, -0.25) is 0 Å². The zero-order valence-electron chi connectivity index (χ0n) is 5.88. The molecule has 9 heavy (non-hydrogen) atoms. The van der Waals surface area contributed by atoms with Crippen LogP contribution in [0.5, 0.6) is 0 Å². The zero-order chi connectivity index (χ0) is 6.57. The third-order valence-electron chi connectivity index (χ3n) is 0.526. The predicted molar refractivity (Wildman–Crippen MR) is 32.2 cm³/mol. The van der Waals surface area contributed by atoms with E-state index in [4.69, 9.17) is 0 Å². The van der Waals surface area contributed by atoms with Crippen molar-refractivity contribution in [2.75, 3.05) is 14.1 Å². The molecule has 0 rings (SSSR count). The zero-order valence-corrected chi connectivity index (χ0v) is 7.28. The topological polar surface area (TPSA) is 20.3 Å². The van der Waals surface area contributed by atoms with Crippen molar-refractivity contribution < 1.29 is 23.4 Å². The molecule has 0 aliphatic heterocycles. The predicted octanol–water partition coefficient (Wildman–Crippen LogP) is 0.451. The number of allylic oxidation sites excluding steroid dienone is 1. The Hall–Kier alpha value is -0.206. The summed E-state index contributed by atoms with van der Waals surface area (Å²) in [5.41, 5.74) is 0. The van der Waals surface area contributed by atoms with Crippen molar-refractivity contribution in [3.63, 3.8) is 0 Å². The van der Waals surface area contributed by atoms with Crippen LogP contribution >= 0.6 is 0 Å². The van der Waals surface area contributed by atoms with Crippen molar-refractivity contribution in [1.82, 2.24) is 4.90 Å². The molecule has 1 radical (unpaired) electrons. The van der Waals surface area contributed by atoms with E-state index in [0.29, 0.717) is 0 Å². The molecular weight excluding hydrogens is 153 g/mol. The number of hydrogen-bond acceptors (Lipinski definition) is 2. The van der Waals surface area contributed by atoms with Gasteiger partial charge in [0.2, 0.25) is 0 Å². The van der Waals surface area contributed by atoms with Crippen LogP contribution in [-0.2, 0) is 23.4 Å². The fourth-order valence-electron chi connectivity index (χ4n) is 0.220. The maximum Gasteiger partial charge on any atom is 0 e. The summed E-state index contributed by atoms with van der Waals surface area (Å²) in [5.74, 6) is 0.0266. The second-order valence-electron chi connectivity index (χ2n) is 1.78. The van der Waals surface area contributed by atoms with E-state index >= 15 is 0 Å². The van der Waals surface area contributed by atoms with Crippen LogP contribution in [0.3, 0.4) is 0 Å². The van der Waals surface area contributed by atoms with Crippen molar-refractivity contribution in [1.29, 1.82) is 0 Å². The normalized spacial score (nSPS) is 8.78. The first kappa shape index (κ1) is 11.6. The molecule has 0 saturated heterocycles. The van der Waals surface area contributed by atoms with Gasteiger partial charge in [-0.2, -0.15) is 12.3 Å². The van der Waals surface area contributed by atoms with Gasteiger partial charge in [0, 0.05) is 18.6 Å². The Morgan fingerprint density at radius 3 is 2.11 bits per heavy atom. The third-order valence-corrected chi connectivity index (χ3v) is 0.526. The van der Waals surface area contributed by atoms with Crippen LogP contribution in [0, 0.1) is 6.20 Å². The summed E-state index contributed by atoms with van der Waals surface area (Å²) in [4.78, 5) is 11.9. The monoisotopic (exact) mass is 163 g/mol. The van der Waals surface area contributed by atoms with Gasteiger partial charge in [-0.25, -0.2) is 0 Å². The van der Waals surface area contributed by atoms with Gasteiger partial charge >= 0.3 is 0 Å². The van der Waals surface area contributed by atoms with Crippen LogP contribution in [-0.4, -0.2) is 24.8 Å². The Labute approximate surface area is 67.8 Å². The van der Waals surface area contributed by atoms with Crippen LogP contribution in [0.25, 0.3) is 0 Å². The second kappa shape index (κ2) is 5.92. The smallest absolute Gasteiger partial charge is 0 e. The first-order valence-electron chi connectivity index (χ1n) is 2.40. The molecule has 0 aromatic heterocycles. The van der Waals surface area contributed by atoms with Gasteiger partial charge in [0.15, 0.2) is 0 Å². The van der Waals surface area contributed by atoms with E-state index in [1.165, 1.54) is 13.0 Å². The number of carbonyl (C=O) groups is 1. The maximum atomic E-state index is 10.2. The molecule has 0 aliphatic rings. The molecule has 0 aromatic carbocycles. The minimum atomic E-state index is 0. The molecule has 0 saturated carbocycles. The van der Waals surface area contributed by atoms with E-state index in [-0.39, 0.29) is 24.3 Å². The SMILES string of the molecule is CC(=O)C=[C-]N(C)C.[V]. The van der Waals surface area contributed by atoms with Gasteiger partial charge in [-0.1, -0.05) is 6.92 Å². The van der Waals surface area contributed by atoms with Crippen molar-refractivity contribution in [3.8, 4) is 0 Å². The standard InChI is InChI=1S/C6H10NO.V/c1-6(8)4-5-7(2)3;/h4H,1-3H3;/q-1;. The van der Waals surface area contributed by atoms with Crippen LogP contribution in [0.15, 0.2) is 6.08 Å². The molecule has 0 aliphatic carbocycles. The number of hydrogen-bond donors (Lipinski definition) is 0. The van der Waals surface area contributed by atoms with Gasteiger partial charge in [0.25, 0.3) is 0 Å². The molecular formula is C6H10NOV-. The first-order chi connectivity index (χ1) is 3.63. The molecule has 0 amide bonds. The van der Waals surface area contributed by atoms with E-state index in [0.717, 1.165) is 0 Å². The Balaban J connectivity index is 0. The molecule has 0 aromatic rings. The minimum Gasteiger partial charge on any atom is -0.468 e. The molecule has 0 N–H and O–H groups in total. The van der Waals surface area contributed by atoms with Crippen LogP contribution in [0.4, 0.5) is 0 Å². The van der Waals surface area contributed by atoms with E-state index in [9.17, 15) is 4.79 Å². The average Bonchev–Trinajstić information content (AvgIpc) is 1.61. The fraction of sp³-hybridized carbons (Fsp3) is 0.500. The van der Waals surface area contributed by atoms with E-state index in [1.54, 1.807) is 4.90 Å². The van der Waals surface area contributed by atoms with E-state index in [1.807, 2.05) is 14.1 Å². The minimum absolute atomic E-state index is 0. The summed E-state index contributed by atoms with van der Waals surface area (Å²) in [7, 11) is 3.64. The number of carbonyl (C=O) groups excluding carboxylic acids is 1. The molecule has 0 bridgehead atoms. The van der Waals surface area contributed by atoms with Crippen molar-refractivity contribution in [2.24, 2.45) is 0 Å². The second-order valence-corrected chi connectivity index (χ2v) is 1.78. The van der Waals surface area contributed by atoms with Crippen molar-refractivity contribution in [2.45, 2.75) is 6.92 Å². The number of nitrogens with zero attached hydrogens (tertiary/aromatic N) is 1. The van der Waals surface area contributed by atoms with Gasteiger partial charge < -0.3 is 9.69 Å². The number of ketones is 1. The molecule has 0 spiro atoms. The third kappa shape index (κ3) is 11.4. The van der Waals surface area contributed by atoms with E-state index in [2.05, 4.69) is 6.20 Å². The Bertz CT molecular complexity index is 110. The Kier molecular flexibility index (Phi) is 7.62. The molecule has 3 heteroatoms. The maximum absolute atomic E-state index is 10.2. The number of rotatable bonds is 2. The quantitative estimate of drug-likeness (QED) is 0.334. The summed E-state index contributed by atoms with van der Waals surface area (Å²) in [6, 6.07) is 0. The molecule has 0 heterocycles. The first-order valence-corrected chi connectivity index (χ1v) is 2.40. The molecule has 0 atom stereocenters. The van der Waals surface area contributed by atoms with Gasteiger partial charge in [0.05, 0.1) is 0 Å². The molecule has 51 valence electrons. The van der Waals surface area contributed by atoms with Crippen LogP contribution in [0.1, 0.15) is 6.92 Å². The summed E-state index contributed by atoms with van der Waals surface area (Å²) < 4.78 is 0. The van der Waals surface area contributed by atoms with Crippen LogP contribution < -0.4 is 0 Å². The summed E-state index contributed by atoms with van der Waals surface area (Å²) in [5, 5.41) is 0. The summed E-state index contributed by atoms with van der Waals surface area (Å²) in [6.45, 7) is 1.50. The van der Waals surface area contributed by atoms with Gasteiger partial charge in [-0.15, -0.1) is 0 Å². The van der Waals surface area contributed by atoms with E-state index < -0.39 is 0 Å². The Morgan fingerprint density at radius 1 is 1.56 bits per heavy atom. The molecule has 0 fully saturated rings. The van der Waals surface area contributed by atoms with Gasteiger partial charge in [0.1, 0.15) is 0 Å². The fourth-order valence-corrected chi connectivity index (χ4v) is 0.220. The molecule has 2 nitrogen and oxygen atoms in total. The van der Waals surface area contributed by atoms with Crippen molar-refractivity contribution in [3.05, 3.63) is 12.3 Å². The Morgan fingerprint density at radius 2 is 2.00 bits per heavy atom. The molecule has 0 unspecified atom stereocenters. The summed E-state index contributed by atoms with van der Waals surface area (Å²) in [6.07, 6.45) is 4.11. The average molecular weight is 163 g/mol. The summed E-state index contributed by atoms with van der Waals surface area (Å²) >= 11 is 0. The largest absolute Gasteiger partial charge is 0.468 e. The van der Waals surface area contributed by atoms with Gasteiger partial charge in [-0.05, 0) is 19.9 Å².